The van der Waals surface area contributed by atoms with Crippen LogP contribution < -0.4 is 0 Å². The number of hydrogen-bond donors (Lipinski definition) is 0. The molecule has 106 valence electrons. The van der Waals surface area contributed by atoms with Gasteiger partial charge in [0.2, 0.25) is 5.89 Å². The summed E-state index contributed by atoms with van der Waals surface area (Å²) in [6, 6.07) is 6.10. The average Bonchev–Trinajstić information content (AvgIpc) is 2.96. The number of nitrogens with zero attached hydrogens (tertiary/aromatic N) is 4. The van der Waals surface area contributed by atoms with Crippen LogP contribution in [-0.4, -0.2) is 20.2 Å². The van der Waals surface area contributed by atoms with Crippen molar-refractivity contribution in [3.63, 3.8) is 0 Å². The molecule has 2 aromatic heterocycles. The average molecular weight is 410 g/mol. The molecule has 0 aliphatic carbocycles. The van der Waals surface area contributed by atoms with E-state index in [1.54, 1.807) is 12.4 Å². The van der Waals surface area contributed by atoms with Crippen molar-refractivity contribution in [1.29, 1.82) is 0 Å². The van der Waals surface area contributed by atoms with Crippen molar-refractivity contribution >= 4 is 31.9 Å². The molecule has 0 amide bonds. The standard InChI is InChI=1S/C14H10Br2N4O/c1-8-4-9(5-15)2-3-10(8)13-19-20-14(21-13)11-6-17-7-12(16)18-11/h2-4,6-7H,5H2,1H3. The zero-order valence-electron chi connectivity index (χ0n) is 11.0. The van der Waals surface area contributed by atoms with Gasteiger partial charge in [-0.2, -0.15) is 0 Å². The smallest absolute Gasteiger partial charge is 0.268 e. The molecule has 5 nitrogen and oxygen atoms in total. The molecule has 0 saturated heterocycles. The molecule has 0 N–H and O–H groups in total. The summed E-state index contributed by atoms with van der Waals surface area (Å²) >= 11 is 6.71. The second-order valence-corrected chi connectivity index (χ2v) is 5.80. The normalized spacial score (nSPS) is 10.8. The van der Waals surface area contributed by atoms with E-state index in [4.69, 9.17) is 4.42 Å². The van der Waals surface area contributed by atoms with Crippen LogP contribution in [0, 0.1) is 6.92 Å². The molecule has 3 aromatic rings. The molecule has 3 rings (SSSR count). The van der Waals surface area contributed by atoms with Crippen LogP contribution in [0.5, 0.6) is 0 Å². The van der Waals surface area contributed by atoms with Gasteiger partial charge in [-0.1, -0.05) is 28.1 Å². The first-order chi connectivity index (χ1) is 10.2. The van der Waals surface area contributed by atoms with Gasteiger partial charge in [-0.15, -0.1) is 10.2 Å². The fraction of sp³-hybridized carbons (Fsp3) is 0.143. The van der Waals surface area contributed by atoms with Crippen LogP contribution in [0.2, 0.25) is 0 Å². The highest BCUT2D eigenvalue weighted by atomic mass is 79.9. The monoisotopic (exact) mass is 408 g/mol. The minimum atomic E-state index is 0.350. The van der Waals surface area contributed by atoms with E-state index in [0.29, 0.717) is 22.1 Å². The Bertz CT molecular complexity index is 788. The van der Waals surface area contributed by atoms with E-state index < -0.39 is 0 Å². The molecule has 0 atom stereocenters. The van der Waals surface area contributed by atoms with Crippen LogP contribution in [0.1, 0.15) is 11.1 Å². The van der Waals surface area contributed by atoms with Crippen molar-refractivity contribution in [3.8, 4) is 23.0 Å². The Morgan fingerprint density at radius 1 is 1.14 bits per heavy atom. The Balaban J connectivity index is 1.98. The van der Waals surface area contributed by atoms with Crippen molar-refractivity contribution in [2.24, 2.45) is 0 Å². The van der Waals surface area contributed by atoms with Crippen molar-refractivity contribution < 1.29 is 4.42 Å². The van der Waals surface area contributed by atoms with Gasteiger partial charge in [0.15, 0.2) is 0 Å². The first kappa shape index (κ1) is 14.3. The van der Waals surface area contributed by atoms with E-state index in [2.05, 4.69) is 58.1 Å². The van der Waals surface area contributed by atoms with E-state index in [-0.39, 0.29) is 0 Å². The summed E-state index contributed by atoms with van der Waals surface area (Å²) in [5.41, 5.74) is 3.75. The quantitative estimate of drug-likeness (QED) is 0.607. The van der Waals surface area contributed by atoms with Crippen LogP contribution in [0.3, 0.4) is 0 Å². The van der Waals surface area contributed by atoms with Crippen molar-refractivity contribution in [2.45, 2.75) is 12.3 Å². The molecule has 1 aromatic carbocycles. The van der Waals surface area contributed by atoms with Crippen LogP contribution in [0.15, 0.2) is 39.6 Å². The number of benzene rings is 1. The van der Waals surface area contributed by atoms with Crippen molar-refractivity contribution in [3.05, 3.63) is 46.3 Å². The highest BCUT2D eigenvalue weighted by molar-refractivity contribution is 9.10. The van der Waals surface area contributed by atoms with E-state index in [9.17, 15) is 0 Å². The third kappa shape index (κ3) is 3.03. The van der Waals surface area contributed by atoms with Gasteiger partial charge in [0, 0.05) is 10.9 Å². The maximum absolute atomic E-state index is 5.71. The number of halogens is 2. The minimum Gasteiger partial charge on any atom is -0.415 e. The molecule has 0 aliphatic rings. The molecule has 0 spiro atoms. The van der Waals surface area contributed by atoms with Gasteiger partial charge in [0.1, 0.15) is 10.3 Å². The largest absolute Gasteiger partial charge is 0.415 e. The van der Waals surface area contributed by atoms with Gasteiger partial charge in [-0.05, 0) is 40.0 Å². The number of hydrogen-bond acceptors (Lipinski definition) is 5. The fourth-order valence-electron chi connectivity index (χ4n) is 1.93. The maximum Gasteiger partial charge on any atom is 0.268 e. The van der Waals surface area contributed by atoms with Crippen LogP contribution in [-0.2, 0) is 5.33 Å². The molecule has 0 unspecified atom stereocenters. The summed E-state index contributed by atoms with van der Waals surface area (Å²) in [7, 11) is 0. The molecule has 0 saturated carbocycles. The second-order valence-electron chi connectivity index (χ2n) is 4.42. The number of aromatic nitrogens is 4. The number of alkyl halides is 1. The minimum absolute atomic E-state index is 0.350. The predicted molar refractivity (Wildman–Crippen MR) is 85.8 cm³/mol. The zero-order chi connectivity index (χ0) is 14.8. The van der Waals surface area contributed by atoms with Gasteiger partial charge in [0.05, 0.1) is 12.4 Å². The topological polar surface area (TPSA) is 64.7 Å². The highest BCUT2D eigenvalue weighted by Gasteiger charge is 2.14. The van der Waals surface area contributed by atoms with Crippen molar-refractivity contribution in [1.82, 2.24) is 20.2 Å². The number of rotatable bonds is 3. The Labute approximate surface area is 138 Å². The summed E-state index contributed by atoms with van der Waals surface area (Å²) in [4.78, 5) is 8.29. The first-order valence-electron chi connectivity index (χ1n) is 6.14. The summed E-state index contributed by atoms with van der Waals surface area (Å²) in [5, 5.41) is 8.95. The molecule has 0 fully saturated rings. The molecule has 7 heteroatoms. The van der Waals surface area contributed by atoms with Gasteiger partial charge >= 0.3 is 0 Å². The fourth-order valence-corrected chi connectivity index (χ4v) is 2.59. The van der Waals surface area contributed by atoms with E-state index >= 15 is 0 Å². The Hall–Kier alpha value is -1.60. The third-order valence-corrected chi connectivity index (χ3v) is 3.95. The van der Waals surface area contributed by atoms with Gasteiger partial charge in [-0.3, -0.25) is 4.98 Å². The molecule has 21 heavy (non-hydrogen) atoms. The highest BCUT2D eigenvalue weighted by Crippen LogP contribution is 2.26. The summed E-state index contributed by atoms with van der Waals surface area (Å²) in [6.45, 7) is 2.02. The van der Waals surface area contributed by atoms with E-state index in [0.717, 1.165) is 16.5 Å². The second kappa shape index (κ2) is 6.03. The van der Waals surface area contributed by atoms with E-state index in [1.807, 2.05) is 19.1 Å². The van der Waals surface area contributed by atoms with E-state index in [1.165, 1.54) is 5.56 Å². The summed E-state index contributed by atoms with van der Waals surface area (Å²) in [5.74, 6) is 0.827. The summed E-state index contributed by atoms with van der Waals surface area (Å²) in [6.07, 6.45) is 3.19. The van der Waals surface area contributed by atoms with Gasteiger partial charge < -0.3 is 4.42 Å². The molecule has 0 aliphatic heterocycles. The Morgan fingerprint density at radius 2 is 1.95 bits per heavy atom. The molecule has 0 radical (unpaired) electrons. The molecule has 0 bridgehead atoms. The van der Waals surface area contributed by atoms with Crippen LogP contribution in [0.25, 0.3) is 23.0 Å². The lowest BCUT2D eigenvalue weighted by Crippen LogP contribution is -1.86. The summed E-state index contributed by atoms with van der Waals surface area (Å²) < 4.78 is 6.33. The lowest BCUT2D eigenvalue weighted by molar-refractivity contribution is 0.581. The maximum atomic E-state index is 5.71. The molecular formula is C14H10Br2N4O. The first-order valence-corrected chi connectivity index (χ1v) is 8.06. The predicted octanol–water partition coefficient (Wildman–Crippen LogP) is 4.16. The zero-order valence-corrected chi connectivity index (χ0v) is 14.2. The van der Waals surface area contributed by atoms with Crippen molar-refractivity contribution in [2.75, 3.05) is 0 Å². The third-order valence-electron chi connectivity index (χ3n) is 2.92. The molecule has 2 heterocycles. The van der Waals surface area contributed by atoms with Gasteiger partial charge in [-0.25, -0.2) is 4.98 Å². The van der Waals surface area contributed by atoms with Gasteiger partial charge in [0.25, 0.3) is 5.89 Å². The SMILES string of the molecule is Cc1cc(CBr)ccc1-c1nnc(-c2cncc(Br)n2)o1. The lowest BCUT2D eigenvalue weighted by Gasteiger charge is -2.03. The van der Waals surface area contributed by atoms with Crippen LogP contribution in [0.4, 0.5) is 0 Å². The Morgan fingerprint density at radius 3 is 2.67 bits per heavy atom. The Kier molecular flexibility index (Phi) is 4.12. The number of aryl methyl sites for hydroxylation is 1. The lowest BCUT2D eigenvalue weighted by atomic mass is 10.1. The van der Waals surface area contributed by atoms with Crippen LogP contribution >= 0.6 is 31.9 Å². The molecular weight excluding hydrogens is 400 g/mol.